The van der Waals surface area contributed by atoms with Crippen LogP contribution in [0.15, 0.2) is 24.3 Å². The van der Waals surface area contributed by atoms with Gasteiger partial charge < -0.3 is 9.47 Å². The van der Waals surface area contributed by atoms with Gasteiger partial charge in [-0.1, -0.05) is 65.0 Å². The summed E-state index contributed by atoms with van der Waals surface area (Å²) in [6.07, 6.45) is 7.01. The first kappa shape index (κ1) is 21.2. The number of esters is 2. The minimum absolute atomic E-state index is 0.0429. The van der Waals surface area contributed by atoms with Crippen LogP contribution in [0.3, 0.4) is 0 Å². The maximum atomic E-state index is 11.8. The van der Waals surface area contributed by atoms with Crippen LogP contribution < -0.4 is 4.74 Å². The van der Waals surface area contributed by atoms with Gasteiger partial charge in [-0.25, -0.2) is 0 Å². The van der Waals surface area contributed by atoms with E-state index in [1.165, 1.54) is 31.2 Å². The fourth-order valence-corrected chi connectivity index (χ4v) is 2.45. The molecule has 4 nitrogen and oxygen atoms in total. The standard InChI is InChI=1S/C21H32O4/c1-4-5-6-7-8-9-16-24-20(22)14-15-21(23)25-19-12-10-18(11-13-19)17(2)3/h10-13,17H,4-9,14-16H2,1-3H3. The van der Waals surface area contributed by atoms with E-state index in [0.717, 1.165) is 12.8 Å². The molecule has 0 spiro atoms. The van der Waals surface area contributed by atoms with E-state index in [-0.39, 0.29) is 18.8 Å². The van der Waals surface area contributed by atoms with E-state index in [9.17, 15) is 9.59 Å². The predicted octanol–water partition coefficient (Wildman–Crippen LogP) is 5.40. The Bertz CT molecular complexity index is 505. The molecule has 0 aliphatic carbocycles. The minimum Gasteiger partial charge on any atom is -0.466 e. The highest BCUT2D eigenvalue weighted by Crippen LogP contribution is 2.19. The van der Waals surface area contributed by atoms with Crippen LogP contribution in [0.5, 0.6) is 5.75 Å². The van der Waals surface area contributed by atoms with Gasteiger partial charge in [-0.15, -0.1) is 0 Å². The maximum absolute atomic E-state index is 11.8. The Morgan fingerprint density at radius 1 is 0.880 bits per heavy atom. The normalized spacial score (nSPS) is 10.7. The van der Waals surface area contributed by atoms with E-state index in [1.807, 2.05) is 12.1 Å². The third-order valence-electron chi connectivity index (χ3n) is 4.07. The highest BCUT2D eigenvalue weighted by atomic mass is 16.5. The maximum Gasteiger partial charge on any atom is 0.311 e. The van der Waals surface area contributed by atoms with Crippen LogP contribution in [0.1, 0.15) is 83.6 Å². The van der Waals surface area contributed by atoms with Gasteiger partial charge in [-0.2, -0.15) is 0 Å². The lowest BCUT2D eigenvalue weighted by Gasteiger charge is -2.08. The molecule has 0 aliphatic rings. The van der Waals surface area contributed by atoms with Gasteiger partial charge in [0.2, 0.25) is 0 Å². The third-order valence-corrected chi connectivity index (χ3v) is 4.07. The van der Waals surface area contributed by atoms with Crippen LogP contribution in [0.25, 0.3) is 0 Å². The number of unbranched alkanes of at least 4 members (excludes halogenated alkanes) is 5. The first-order chi connectivity index (χ1) is 12.0. The van der Waals surface area contributed by atoms with Crippen molar-refractivity contribution in [2.45, 2.75) is 78.1 Å². The largest absolute Gasteiger partial charge is 0.466 e. The molecule has 140 valence electrons. The Morgan fingerprint density at radius 2 is 1.48 bits per heavy atom. The van der Waals surface area contributed by atoms with Crippen LogP contribution in [-0.2, 0) is 14.3 Å². The molecular weight excluding hydrogens is 316 g/mol. The summed E-state index contributed by atoms with van der Waals surface area (Å²) in [6.45, 7) is 6.85. The van der Waals surface area contributed by atoms with Gasteiger partial charge in [0, 0.05) is 0 Å². The SMILES string of the molecule is CCCCCCCCOC(=O)CCC(=O)Oc1ccc(C(C)C)cc1. The zero-order valence-electron chi connectivity index (χ0n) is 15.9. The lowest BCUT2D eigenvalue weighted by atomic mass is 10.0. The van der Waals surface area contributed by atoms with Crippen molar-refractivity contribution in [3.63, 3.8) is 0 Å². The number of rotatable bonds is 12. The third kappa shape index (κ3) is 9.90. The van der Waals surface area contributed by atoms with E-state index in [4.69, 9.17) is 9.47 Å². The molecule has 0 amide bonds. The molecule has 1 rings (SSSR count). The zero-order valence-corrected chi connectivity index (χ0v) is 15.9. The number of hydrogen-bond acceptors (Lipinski definition) is 4. The summed E-state index contributed by atoms with van der Waals surface area (Å²) in [5, 5.41) is 0. The highest BCUT2D eigenvalue weighted by molar-refractivity contribution is 5.79. The van der Waals surface area contributed by atoms with Crippen LogP contribution in [0.2, 0.25) is 0 Å². The quantitative estimate of drug-likeness (QED) is 0.288. The van der Waals surface area contributed by atoms with Crippen molar-refractivity contribution < 1.29 is 19.1 Å². The number of ether oxygens (including phenoxy) is 2. The molecule has 0 radical (unpaired) electrons. The van der Waals surface area contributed by atoms with E-state index >= 15 is 0 Å². The minimum atomic E-state index is -0.409. The van der Waals surface area contributed by atoms with Crippen molar-refractivity contribution in [2.75, 3.05) is 6.61 Å². The molecule has 0 atom stereocenters. The Kier molecular flexibility index (Phi) is 10.6. The average Bonchev–Trinajstić information content (AvgIpc) is 2.59. The van der Waals surface area contributed by atoms with Crippen molar-refractivity contribution in [3.8, 4) is 5.75 Å². The molecule has 0 unspecified atom stereocenters. The summed E-state index contributed by atoms with van der Waals surface area (Å²) in [4.78, 5) is 23.4. The first-order valence-corrected chi connectivity index (χ1v) is 9.49. The van der Waals surface area contributed by atoms with Gasteiger partial charge in [0.25, 0.3) is 0 Å². The molecule has 0 saturated heterocycles. The predicted molar refractivity (Wildman–Crippen MR) is 99.7 cm³/mol. The Labute approximate surface area is 151 Å². The number of carbonyl (C=O) groups excluding carboxylic acids is 2. The van der Waals surface area contributed by atoms with E-state index in [2.05, 4.69) is 20.8 Å². The number of hydrogen-bond donors (Lipinski definition) is 0. The second-order valence-corrected chi connectivity index (χ2v) is 6.69. The summed E-state index contributed by atoms with van der Waals surface area (Å²) >= 11 is 0. The van der Waals surface area contributed by atoms with Crippen molar-refractivity contribution in [3.05, 3.63) is 29.8 Å². The number of benzene rings is 1. The molecule has 0 N–H and O–H groups in total. The van der Waals surface area contributed by atoms with Crippen LogP contribution in [0, 0.1) is 0 Å². The molecule has 0 saturated carbocycles. The van der Waals surface area contributed by atoms with Gasteiger partial charge in [0.15, 0.2) is 0 Å². The average molecular weight is 348 g/mol. The molecule has 1 aromatic carbocycles. The first-order valence-electron chi connectivity index (χ1n) is 9.49. The fourth-order valence-electron chi connectivity index (χ4n) is 2.45. The van der Waals surface area contributed by atoms with Crippen LogP contribution in [-0.4, -0.2) is 18.5 Å². The summed E-state index contributed by atoms with van der Waals surface area (Å²) in [6, 6.07) is 7.46. The molecule has 0 bridgehead atoms. The summed E-state index contributed by atoms with van der Waals surface area (Å²) in [5.41, 5.74) is 1.19. The second-order valence-electron chi connectivity index (χ2n) is 6.69. The molecule has 0 heterocycles. The van der Waals surface area contributed by atoms with Gasteiger partial charge >= 0.3 is 11.9 Å². The van der Waals surface area contributed by atoms with Crippen molar-refractivity contribution in [2.24, 2.45) is 0 Å². The van der Waals surface area contributed by atoms with E-state index < -0.39 is 5.97 Å². The molecule has 0 fully saturated rings. The zero-order chi connectivity index (χ0) is 18.5. The number of carbonyl (C=O) groups is 2. The van der Waals surface area contributed by atoms with E-state index in [0.29, 0.717) is 18.3 Å². The fraction of sp³-hybridized carbons (Fsp3) is 0.619. The molecular formula is C21H32O4. The summed E-state index contributed by atoms with van der Waals surface area (Å²) in [7, 11) is 0. The van der Waals surface area contributed by atoms with Gasteiger partial charge in [0.05, 0.1) is 19.4 Å². The molecule has 25 heavy (non-hydrogen) atoms. The monoisotopic (exact) mass is 348 g/mol. The highest BCUT2D eigenvalue weighted by Gasteiger charge is 2.10. The second kappa shape index (κ2) is 12.5. The Balaban J connectivity index is 2.13. The van der Waals surface area contributed by atoms with Crippen molar-refractivity contribution in [1.82, 2.24) is 0 Å². The molecule has 4 heteroatoms. The van der Waals surface area contributed by atoms with Crippen LogP contribution in [0.4, 0.5) is 0 Å². The Morgan fingerprint density at radius 3 is 2.12 bits per heavy atom. The van der Waals surface area contributed by atoms with Gasteiger partial charge in [-0.05, 0) is 30.0 Å². The topological polar surface area (TPSA) is 52.6 Å². The van der Waals surface area contributed by atoms with Crippen molar-refractivity contribution >= 4 is 11.9 Å². The molecule has 0 aliphatic heterocycles. The van der Waals surface area contributed by atoms with Crippen molar-refractivity contribution in [1.29, 1.82) is 0 Å². The Hall–Kier alpha value is -1.84. The lowest BCUT2D eigenvalue weighted by molar-refractivity contribution is -0.147. The lowest BCUT2D eigenvalue weighted by Crippen LogP contribution is -2.12. The molecule has 0 aromatic heterocycles. The molecule has 1 aromatic rings. The summed E-state index contributed by atoms with van der Waals surface area (Å²) < 4.78 is 10.4. The van der Waals surface area contributed by atoms with Crippen LogP contribution >= 0.6 is 0 Å². The van der Waals surface area contributed by atoms with Gasteiger partial charge in [0.1, 0.15) is 5.75 Å². The van der Waals surface area contributed by atoms with E-state index in [1.54, 1.807) is 12.1 Å². The smallest absolute Gasteiger partial charge is 0.311 e. The summed E-state index contributed by atoms with van der Waals surface area (Å²) in [5.74, 6) is 0.204. The van der Waals surface area contributed by atoms with Gasteiger partial charge in [-0.3, -0.25) is 9.59 Å².